The van der Waals surface area contributed by atoms with Crippen LogP contribution in [0.15, 0.2) is 34.1 Å². The molecule has 1 aromatic heterocycles. The van der Waals surface area contributed by atoms with Crippen molar-refractivity contribution in [1.82, 2.24) is 9.88 Å². The predicted octanol–water partition coefficient (Wildman–Crippen LogP) is 2.39. The van der Waals surface area contributed by atoms with Gasteiger partial charge in [-0.05, 0) is 48.8 Å². The van der Waals surface area contributed by atoms with Crippen LogP contribution in [0.2, 0.25) is 0 Å². The molecule has 2 saturated carbocycles. The minimum atomic E-state index is -1.18. The van der Waals surface area contributed by atoms with Crippen LogP contribution in [0.3, 0.4) is 0 Å². The summed E-state index contributed by atoms with van der Waals surface area (Å²) in [7, 11) is 1.61. The van der Waals surface area contributed by atoms with Gasteiger partial charge in [0.25, 0.3) is 0 Å². The molecular weight excluding hydrogens is 464 g/mol. The van der Waals surface area contributed by atoms with Gasteiger partial charge in [-0.3, -0.25) is 24.1 Å². The highest BCUT2D eigenvalue weighted by Gasteiger charge is 2.73. The number of methoxy groups -OCH3 is 1. The van der Waals surface area contributed by atoms with Gasteiger partial charge < -0.3 is 14.8 Å². The van der Waals surface area contributed by atoms with Gasteiger partial charge in [-0.2, -0.15) is 0 Å². The summed E-state index contributed by atoms with van der Waals surface area (Å²) in [5.74, 6) is -2.28. The number of imide groups is 1. The Morgan fingerprint density at radius 2 is 1.91 bits per heavy atom. The number of likely N-dealkylation sites (tertiary alicyclic amines) is 1. The molecule has 0 unspecified atom stereocenters. The first-order chi connectivity index (χ1) is 15.7. The molecule has 1 aromatic carbocycles. The third-order valence-corrected chi connectivity index (χ3v) is 10.8. The Morgan fingerprint density at radius 3 is 2.58 bits per heavy atom. The van der Waals surface area contributed by atoms with Crippen LogP contribution in [-0.4, -0.2) is 51.2 Å². The summed E-state index contributed by atoms with van der Waals surface area (Å²) in [6.07, 6.45) is 0.758. The molecule has 33 heavy (non-hydrogen) atoms. The Kier molecular flexibility index (Phi) is 4.42. The van der Waals surface area contributed by atoms with Gasteiger partial charge in [-0.25, -0.2) is 0 Å². The summed E-state index contributed by atoms with van der Waals surface area (Å²) in [4.78, 5) is 54.9. The highest BCUT2D eigenvalue weighted by atomic mass is 32.2. The summed E-state index contributed by atoms with van der Waals surface area (Å²) >= 11 is 2.83. The van der Waals surface area contributed by atoms with E-state index in [2.05, 4.69) is 11.9 Å². The molecule has 6 rings (SSSR count). The number of thioether (sulfide) groups is 1. The Labute approximate surface area is 197 Å². The van der Waals surface area contributed by atoms with Crippen molar-refractivity contribution >= 4 is 40.9 Å². The number of carbonyl (C=O) groups excluding carboxylic acids is 2. The summed E-state index contributed by atoms with van der Waals surface area (Å²) in [5.41, 5.74) is 1.05. The number of ether oxygens (including phenoxy) is 1. The summed E-state index contributed by atoms with van der Waals surface area (Å²) in [6, 6.07) is 7.82. The van der Waals surface area contributed by atoms with Gasteiger partial charge in [0.1, 0.15) is 12.3 Å². The van der Waals surface area contributed by atoms with Gasteiger partial charge in [-0.1, -0.05) is 23.5 Å². The maximum Gasteiger partial charge on any atom is 0.323 e. The summed E-state index contributed by atoms with van der Waals surface area (Å²) in [5, 5.41) is 10.1. The fourth-order valence-corrected chi connectivity index (χ4v) is 9.91. The Balaban J connectivity index is 1.48. The van der Waals surface area contributed by atoms with Crippen molar-refractivity contribution in [2.45, 2.75) is 29.0 Å². The number of aliphatic carboxylic acids is 1. The van der Waals surface area contributed by atoms with E-state index in [1.54, 1.807) is 18.9 Å². The van der Waals surface area contributed by atoms with Crippen LogP contribution >= 0.6 is 23.1 Å². The van der Waals surface area contributed by atoms with Crippen LogP contribution in [0.5, 0.6) is 5.75 Å². The van der Waals surface area contributed by atoms with Crippen molar-refractivity contribution in [3.63, 3.8) is 0 Å². The lowest BCUT2D eigenvalue weighted by Gasteiger charge is -2.50. The summed E-state index contributed by atoms with van der Waals surface area (Å²) < 4.78 is 4.96. The van der Waals surface area contributed by atoms with Gasteiger partial charge >= 0.3 is 10.8 Å². The molecule has 3 heterocycles. The van der Waals surface area contributed by atoms with E-state index < -0.39 is 24.3 Å². The number of fused-ring (bicyclic) bond motifs is 9. The summed E-state index contributed by atoms with van der Waals surface area (Å²) in [6.45, 7) is 1.57. The zero-order valence-corrected chi connectivity index (χ0v) is 19.6. The number of hydrogen-bond acceptors (Lipinski definition) is 7. The van der Waals surface area contributed by atoms with Crippen molar-refractivity contribution in [3.05, 3.63) is 44.4 Å². The fraction of sp³-hybridized carbons (Fsp3) is 0.478. The van der Waals surface area contributed by atoms with E-state index >= 15 is 0 Å². The topological polar surface area (TPSA) is 117 Å². The van der Waals surface area contributed by atoms with Gasteiger partial charge in [0.15, 0.2) is 0 Å². The van der Waals surface area contributed by atoms with Crippen molar-refractivity contribution in [2.24, 2.45) is 29.6 Å². The Bertz CT molecular complexity index is 1250. The first kappa shape index (κ1) is 21.0. The molecule has 8 nitrogen and oxygen atoms in total. The lowest BCUT2D eigenvalue weighted by atomic mass is 9.63. The molecule has 3 fully saturated rings. The average molecular weight is 487 g/mol. The molecule has 2 bridgehead atoms. The normalized spacial score (nSPS) is 36.0. The molecule has 2 aliphatic carbocycles. The first-order valence-corrected chi connectivity index (χ1v) is 12.5. The van der Waals surface area contributed by atoms with Gasteiger partial charge in [0.05, 0.1) is 24.0 Å². The largest absolute Gasteiger partial charge is 0.497 e. The van der Waals surface area contributed by atoms with Crippen LogP contribution < -0.4 is 9.61 Å². The molecule has 10 heteroatoms. The van der Waals surface area contributed by atoms with E-state index in [4.69, 9.17) is 4.74 Å². The van der Waals surface area contributed by atoms with Crippen molar-refractivity contribution in [2.75, 3.05) is 13.7 Å². The highest BCUT2D eigenvalue weighted by molar-refractivity contribution is 8.00. The Hall–Kier alpha value is -2.59. The number of hydrogen-bond donors (Lipinski definition) is 2. The average Bonchev–Trinajstić information content (AvgIpc) is 3.48. The van der Waals surface area contributed by atoms with Crippen LogP contribution in [-0.2, 0) is 14.4 Å². The number of nitrogens with zero attached hydrogens (tertiary/aromatic N) is 1. The minimum Gasteiger partial charge on any atom is -0.497 e. The van der Waals surface area contributed by atoms with E-state index in [1.807, 2.05) is 24.3 Å². The maximum absolute atomic E-state index is 13.2. The molecule has 2 amide bonds. The van der Waals surface area contributed by atoms with E-state index in [1.165, 1.54) is 11.3 Å². The number of benzene rings is 1. The lowest BCUT2D eigenvalue weighted by molar-refractivity contribution is -0.149. The van der Waals surface area contributed by atoms with E-state index in [0.29, 0.717) is 0 Å². The Morgan fingerprint density at radius 1 is 1.21 bits per heavy atom. The number of rotatable bonds is 4. The standard InChI is InChI=1S/C23H22N2O6S2/c1-23-12-7-11(15-16(12)21(29)25(20(15)28)8-13(26)27)17(23)14(9-3-5-10(31-2)6-4-9)18-19(33-23)24-22(30)32-18/h3-6,11-12,14-17H,7-8H2,1-2H3,(H,24,30)(H,26,27)/t11-,12-,14-,15-,16+,17+,23+/m0/s1. The fourth-order valence-electron chi connectivity index (χ4n) is 7.04. The molecule has 0 spiro atoms. The van der Waals surface area contributed by atoms with Gasteiger partial charge in [-0.15, -0.1) is 11.8 Å². The lowest BCUT2D eigenvalue weighted by Crippen LogP contribution is -2.50. The van der Waals surface area contributed by atoms with Crippen molar-refractivity contribution < 1.29 is 24.2 Å². The first-order valence-electron chi connectivity index (χ1n) is 10.9. The molecule has 172 valence electrons. The predicted molar refractivity (Wildman–Crippen MR) is 120 cm³/mol. The SMILES string of the molecule is COc1ccc([C@@H]2c3sc(=O)[nH]c3S[C@@]3(C)[C@@H]2[C@H]2C[C@H]3[C@H]3C(=O)N(CC(=O)O)C(=O)[C@@H]23)cc1. The van der Waals surface area contributed by atoms with Gasteiger partial charge in [0, 0.05) is 15.5 Å². The van der Waals surface area contributed by atoms with Crippen molar-refractivity contribution in [3.8, 4) is 5.75 Å². The number of amides is 2. The molecule has 4 aliphatic rings. The third kappa shape index (κ3) is 2.70. The molecular formula is C23H22N2O6S2. The van der Waals surface area contributed by atoms with Crippen LogP contribution in [0.4, 0.5) is 0 Å². The molecule has 2 aromatic rings. The molecule has 1 saturated heterocycles. The maximum atomic E-state index is 13.2. The van der Waals surface area contributed by atoms with E-state index in [0.717, 1.165) is 32.5 Å². The molecule has 2 aliphatic heterocycles. The number of aromatic nitrogens is 1. The van der Waals surface area contributed by atoms with Gasteiger partial charge in [0.2, 0.25) is 11.8 Å². The molecule has 0 radical (unpaired) electrons. The number of carbonyl (C=O) groups is 3. The quantitative estimate of drug-likeness (QED) is 0.638. The van der Waals surface area contributed by atoms with Crippen LogP contribution in [0, 0.1) is 29.6 Å². The zero-order chi connectivity index (χ0) is 23.2. The van der Waals surface area contributed by atoms with Crippen LogP contribution in [0.1, 0.15) is 29.7 Å². The van der Waals surface area contributed by atoms with E-state index in [-0.39, 0.29) is 45.1 Å². The smallest absolute Gasteiger partial charge is 0.323 e. The monoisotopic (exact) mass is 486 g/mol. The number of H-pyrrole nitrogens is 1. The number of nitrogens with one attached hydrogen (secondary N) is 1. The second-order valence-corrected chi connectivity index (χ2v) is 12.0. The third-order valence-electron chi connectivity index (χ3n) is 8.14. The van der Waals surface area contributed by atoms with Crippen molar-refractivity contribution in [1.29, 1.82) is 0 Å². The van der Waals surface area contributed by atoms with E-state index in [9.17, 15) is 24.3 Å². The molecule has 7 atom stereocenters. The number of thiazole rings is 1. The second-order valence-electron chi connectivity index (χ2n) is 9.48. The van der Waals surface area contributed by atoms with Crippen LogP contribution in [0.25, 0.3) is 0 Å². The second kappa shape index (κ2) is 6.96. The number of aromatic amines is 1. The zero-order valence-electron chi connectivity index (χ0n) is 17.9. The number of carboxylic acids is 1. The number of carboxylic acid groups (broad SMARTS) is 1. The minimum absolute atomic E-state index is 0.0441. The highest BCUT2D eigenvalue weighted by Crippen LogP contribution is 2.73. The molecule has 2 N–H and O–H groups in total.